The van der Waals surface area contributed by atoms with Crippen molar-refractivity contribution in [1.29, 1.82) is 0 Å². The highest BCUT2D eigenvalue weighted by Gasteiger charge is 2.33. The molecule has 2 amide bonds. The number of rotatable bonds is 9. The van der Waals surface area contributed by atoms with Crippen LogP contribution in [0.5, 0.6) is 0 Å². The van der Waals surface area contributed by atoms with Crippen molar-refractivity contribution >= 4 is 50.1 Å². The number of sulfonamides is 1. The van der Waals surface area contributed by atoms with Crippen molar-refractivity contribution in [3.63, 3.8) is 0 Å². The van der Waals surface area contributed by atoms with Crippen molar-refractivity contribution in [3.8, 4) is 0 Å². The fourth-order valence-electron chi connectivity index (χ4n) is 3.72. The third kappa shape index (κ3) is 7.53. The van der Waals surface area contributed by atoms with Gasteiger partial charge in [0, 0.05) is 21.2 Å². The van der Waals surface area contributed by atoms with E-state index in [0.29, 0.717) is 5.69 Å². The molecule has 7 nitrogen and oxygen atoms in total. The van der Waals surface area contributed by atoms with Crippen LogP contribution in [-0.4, -0.2) is 43.3 Å². The van der Waals surface area contributed by atoms with Crippen molar-refractivity contribution in [2.24, 2.45) is 0 Å². The number of halogens is 2. The summed E-state index contributed by atoms with van der Waals surface area (Å²) in [5.74, 6) is -1.61. The standard InChI is InChI=1S/C28H31FIN3O4S/c1-20(27(35)31-28(2,3)4)32(18-21-10-8-9-13-25(21)29)26(34)19-33(23-16-14-22(30)15-17-23)38(36,37)24-11-6-5-7-12-24/h5-17,20H,18-19H2,1-4H3,(H,31,35)/t20-/m0/s1. The van der Waals surface area contributed by atoms with Gasteiger partial charge in [0.15, 0.2) is 0 Å². The van der Waals surface area contributed by atoms with Gasteiger partial charge in [-0.1, -0.05) is 36.4 Å². The second-order valence-electron chi connectivity index (χ2n) is 9.83. The van der Waals surface area contributed by atoms with Gasteiger partial charge in [-0.3, -0.25) is 13.9 Å². The van der Waals surface area contributed by atoms with Gasteiger partial charge in [0.1, 0.15) is 18.4 Å². The van der Waals surface area contributed by atoms with Gasteiger partial charge >= 0.3 is 0 Å². The maximum absolute atomic E-state index is 14.6. The van der Waals surface area contributed by atoms with Gasteiger partial charge in [-0.15, -0.1) is 0 Å². The summed E-state index contributed by atoms with van der Waals surface area (Å²) < 4.78 is 43.9. The number of benzene rings is 3. The van der Waals surface area contributed by atoms with Crippen molar-refractivity contribution < 1.29 is 22.4 Å². The number of carbonyl (C=O) groups is 2. The van der Waals surface area contributed by atoms with Crippen LogP contribution in [0.15, 0.2) is 83.8 Å². The average molecular weight is 652 g/mol. The van der Waals surface area contributed by atoms with Crippen LogP contribution >= 0.6 is 22.6 Å². The number of hydrogen-bond donors (Lipinski definition) is 1. The second kappa shape index (κ2) is 12.2. The van der Waals surface area contributed by atoms with Crippen molar-refractivity contribution in [3.05, 3.63) is 93.8 Å². The minimum atomic E-state index is -4.14. The lowest BCUT2D eigenvalue weighted by molar-refractivity contribution is -0.140. The van der Waals surface area contributed by atoms with Crippen LogP contribution in [0.3, 0.4) is 0 Å². The lowest BCUT2D eigenvalue weighted by Gasteiger charge is -2.33. The molecule has 0 saturated carbocycles. The topological polar surface area (TPSA) is 86.8 Å². The van der Waals surface area contributed by atoms with E-state index < -0.39 is 45.8 Å². The Hall–Kier alpha value is -2.99. The fourth-order valence-corrected chi connectivity index (χ4v) is 5.52. The van der Waals surface area contributed by atoms with Crippen molar-refractivity contribution in [1.82, 2.24) is 10.2 Å². The molecule has 0 aliphatic rings. The summed E-state index contributed by atoms with van der Waals surface area (Å²) in [5, 5.41) is 2.84. The van der Waals surface area contributed by atoms with E-state index in [4.69, 9.17) is 0 Å². The Morgan fingerprint density at radius 3 is 2.11 bits per heavy atom. The van der Waals surface area contributed by atoms with Crippen molar-refractivity contribution in [2.75, 3.05) is 10.8 Å². The van der Waals surface area contributed by atoms with Gasteiger partial charge in [0.05, 0.1) is 10.6 Å². The first kappa shape index (κ1) is 29.6. The van der Waals surface area contributed by atoms with E-state index >= 15 is 0 Å². The van der Waals surface area contributed by atoms with Gasteiger partial charge < -0.3 is 10.2 Å². The van der Waals surface area contributed by atoms with E-state index in [1.165, 1.54) is 35.2 Å². The van der Waals surface area contributed by atoms with Gasteiger partial charge in [0.2, 0.25) is 11.8 Å². The van der Waals surface area contributed by atoms with Crippen LogP contribution in [0.4, 0.5) is 10.1 Å². The molecular weight excluding hydrogens is 620 g/mol. The van der Waals surface area contributed by atoms with E-state index in [2.05, 4.69) is 27.9 Å². The number of anilines is 1. The fraction of sp³-hybridized carbons (Fsp3) is 0.286. The Labute approximate surface area is 237 Å². The monoisotopic (exact) mass is 651 g/mol. The van der Waals surface area contributed by atoms with Crippen LogP contribution in [0.1, 0.15) is 33.3 Å². The predicted molar refractivity (Wildman–Crippen MR) is 154 cm³/mol. The molecule has 10 heteroatoms. The zero-order chi connectivity index (χ0) is 28.1. The minimum absolute atomic E-state index is 0.0190. The highest BCUT2D eigenvalue weighted by molar-refractivity contribution is 14.1. The third-order valence-electron chi connectivity index (χ3n) is 5.69. The lowest BCUT2D eigenvalue weighted by atomic mass is 10.1. The molecule has 3 rings (SSSR count). The zero-order valence-corrected chi connectivity index (χ0v) is 24.7. The smallest absolute Gasteiger partial charge is 0.264 e. The quantitative estimate of drug-likeness (QED) is 0.332. The molecule has 0 aliphatic heterocycles. The number of nitrogens with one attached hydrogen (secondary N) is 1. The Morgan fingerprint density at radius 2 is 1.53 bits per heavy atom. The molecule has 1 atom stereocenters. The van der Waals surface area contributed by atoms with Gasteiger partial charge in [-0.05, 0) is 92.8 Å². The van der Waals surface area contributed by atoms with Gasteiger partial charge in [-0.25, -0.2) is 12.8 Å². The Balaban J connectivity index is 2.03. The largest absolute Gasteiger partial charge is 0.350 e. The first-order valence-electron chi connectivity index (χ1n) is 12.0. The van der Waals surface area contributed by atoms with E-state index in [1.807, 2.05) is 20.8 Å². The highest BCUT2D eigenvalue weighted by atomic mass is 127. The minimum Gasteiger partial charge on any atom is -0.350 e. The van der Waals surface area contributed by atoms with Crippen LogP contribution in [0, 0.1) is 9.39 Å². The first-order valence-corrected chi connectivity index (χ1v) is 14.5. The summed E-state index contributed by atoms with van der Waals surface area (Å²) in [6.45, 7) is 6.18. The number of nitrogens with zero attached hydrogens (tertiary/aromatic N) is 2. The molecule has 0 aromatic heterocycles. The number of amides is 2. The van der Waals surface area contributed by atoms with E-state index in [9.17, 15) is 22.4 Å². The maximum atomic E-state index is 14.6. The van der Waals surface area contributed by atoms with E-state index in [0.717, 1.165) is 7.88 Å². The van der Waals surface area contributed by atoms with Crippen LogP contribution in [0.25, 0.3) is 0 Å². The molecule has 0 fully saturated rings. The lowest BCUT2D eigenvalue weighted by Crippen LogP contribution is -2.54. The van der Waals surface area contributed by atoms with Crippen LogP contribution < -0.4 is 9.62 Å². The summed E-state index contributed by atoms with van der Waals surface area (Å²) >= 11 is 2.11. The van der Waals surface area contributed by atoms with Crippen molar-refractivity contribution in [2.45, 2.75) is 50.7 Å². The summed E-state index contributed by atoms with van der Waals surface area (Å²) in [6.07, 6.45) is 0. The SMILES string of the molecule is C[C@@H](C(=O)NC(C)(C)C)N(Cc1ccccc1F)C(=O)CN(c1ccc(I)cc1)S(=O)(=O)c1ccccc1. The molecule has 0 aliphatic carbocycles. The summed E-state index contributed by atoms with van der Waals surface area (Å²) in [5.41, 5.74) is -0.0645. The van der Waals surface area contributed by atoms with Crippen LogP contribution in [-0.2, 0) is 26.2 Å². The van der Waals surface area contributed by atoms with E-state index in [-0.39, 0.29) is 17.0 Å². The predicted octanol–water partition coefficient (Wildman–Crippen LogP) is 4.96. The normalized spacial score (nSPS) is 12.5. The molecule has 3 aromatic rings. The zero-order valence-electron chi connectivity index (χ0n) is 21.7. The molecule has 0 saturated heterocycles. The molecule has 0 radical (unpaired) electrons. The Bertz CT molecular complexity index is 1380. The first-order chi connectivity index (χ1) is 17.8. The number of carbonyl (C=O) groups excluding carboxylic acids is 2. The van der Waals surface area contributed by atoms with E-state index in [1.54, 1.807) is 55.5 Å². The third-order valence-corrected chi connectivity index (χ3v) is 8.20. The molecule has 0 bridgehead atoms. The summed E-state index contributed by atoms with van der Waals surface area (Å²) in [6, 6.07) is 19.5. The molecule has 1 N–H and O–H groups in total. The molecule has 38 heavy (non-hydrogen) atoms. The second-order valence-corrected chi connectivity index (χ2v) is 12.9. The summed E-state index contributed by atoms with van der Waals surface area (Å²) in [7, 11) is -4.14. The molecule has 0 spiro atoms. The highest BCUT2D eigenvalue weighted by Crippen LogP contribution is 2.25. The van der Waals surface area contributed by atoms with Gasteiger partial charge in [0.25, 0.3) is 10.0 Å². The molecule has 202 valence electrons. The molecule has 0 heterocycles. The van der Waals surface area contributed by atoms with Crippen LogP contribution in [0.2, 0.25) is 0 Å². The molecule has 3 aromatic carbocycles. The molecular formula is C28H31FIN3O4S. The number of hydrogen-bond acceptors (Lipinski definition) is 4. The summed E-state index contributed by atoms with van der Waals surface area (Å²) in [4.78, 5) is 28.1. The maximum Gasteiger partial charge on any atom is 0.264 e. The van der Waals surface area contributed by atoms with Gasteiger partial charge in [-0.2, -0.15) is 0 Å². The molecule has 0 unspecified atom stereocenters. The average Bonchev–Trinajstić information content (AvgIpc) is 2.86. The Kier molecular flexibility index (Phi) is 9.53. The Morgan fingerprint density at radius 1 is 0.947 bits per heavy atom.